The summed E-state index contributed by atoms with van der Waals surface area (Å²) in [5.41, 5.74) is 0. The zero-order chi connectivity index (χ0) is 15.1. The largest absolute Gasteiger partial charge is 0.481 e. The summed E-state index contributed by atoms with van der Waals surface area (Å²) in [6.45, 7) is 3.80. The van der Waals surface area contributed by atoms with E-state index in [0.29, 0.717) is 24.5 Å². The van der Waals surface area contributed by atoms with Crippen LogP contribution in [-0.2, 0) is 14.4 Å². The third-order valence-corrected chi connectivity index (χ3v) is 4.33. The number of nitrogens with one attached hydrogen (secondary N) is 1. The smallest absolute Gasteiger partial charge is 0.308 e. The van der Waals surface area contributed by atoms with Crippen molar-refractivity contribution in [2.24, 2.45) is 5.92 Å². The van der Waals surface area contributed by atoms with Gasteiger partial charge in [0.1, 0.15) is 6.04 Å². The summed E-state index contributed by atoms with van der Waals surface area (Å²) >= 11 is 1.54. The number of amides is 2. The molecule has 1 saturated heterocycles. The molecule has 0 aromatic carbocycles. The molecule has 0 saturated carbocycles. The highest BCUT2D eigenvalue weighted by atomic mass is 32.2. The van der Waals surface area contributed by atoms with E-state index in [1.54, 1.807) is 23.6 Å². The number of carboxylic acid groups (broad SMARTS) is 1. The Labute approximate surface area is 123 Å². The van der Waals surface area contributed by atoms with E-state index in [-0.39, 0.29) is 18.4 Å². The fourth-order valence-corrected chi connectivity index (χ4v) is 3.29. The minimum Gasteiger partial charge on any atom is -0.481 e. The van der Waals surface area contributed by atoms with Crippen LogP contribution in [0.15, 0.2) is 0 Å². The Bertz CT molecular complexity index is 375. The first kappa shape index (κ1) is 16.8. The Balaban J connectivity index is 2.53. The van der Waals surface area contributed by atoms with E-state index in [1.807, 2.05) is 6.92 Å². The van der Waals surface area contributed by atoms with Crippen molar-refractivity contribution >= 4 is 29.5 Å². The Morgan fingerprint density at radius 2 is 2.10 bits per heavy atom. The van der Waals surface area contributed by atoms with E-state index in [4.69, 9.17) is 5.11 Å². The third-order valence-electron chi connectivity index (χ3n) is 3.32. The molecule has 6 nitrogen and oxygen atoms in total. The first-order chi connectivity index (χ1) is 9.51. The summed E-state index contributed by atoms with van der Waals surface area (Å²) in [6, 6.07) is -0.469. The lowest BCUT2D eigenvalue weighted by atomic mass is 10.0. The Kier molecular flexibility index (Phi) is 6.84. The van der Waals surface area contributed by atoms with Gasteiger partial charge in [-0.25, -0.2) is 0 Å². The number of carbonyl (C=O) groups is 3. The van der Waals surface area contributed by atoms with Crippen molar-refractivity contribution in [1.29, 1.82) is 0 Å². The van der Waals surface area contributed by atoms with Gasteiger partial charge in [0, 0.05) is 18.7 Å². The van der Waals surface area contributed by atoms with Gasteiger partial charge in [0.15, 0.2) is 0 Å². The highest BCUT2D eigenvalue weighted by molar-refractivity contribution is 7.99. The van der Waals surface area contributed by atoms with Gasteiger partial charge in [-0.15, -0.1) is 11.8 Å². The molecule has 1 rings (SSSR count). The average Bonchev–Trinajstić information content (AvgIpc) is 2.91. The van der Waals surface area contributed by atoms with E-state index >= 15 is 0 Å². The standard InChI is InChI=1S/C13H22N2O4S/c1-3-5-9(13(18)19)6-14-12(17)10-7-20-8-15(10)11(16)4-2/h9-10H,3-8H2,1-2H3,(H,14,17)(H,18,19). The van der Waals surface area contributed by atoms with Crippen molar-refractivity contribution in [3.05, 3.63) is 0 Å². The second-order valence-corrected chi connectivity index (χ2v) is 5.80. The molecule has 2 amide bonds. The number of carbonyl (C=O) groups excluding carboxylic acids is 2. The summed E-state index contributed by atoms with van der Waals surface area (Å²) in [5, 5.41) is 11.7. The van der Waals surface area contributed by atoms with E-state index in [0.717, 1.165) is 6.42 Å². The summed E-state index contributed by atoms with van der Waals surface area (Å²) in [4.78, 5) is 36.4. The van der Waals surface area contributed by atoms with Gasteiger partial charge in [-0.1, -0.05) is 20.3 Å². The van der Waals surface area contributed by atoms with Crippen LogP contribution in [-0.4, -0.2) is 52.0 Å². The molecule has 7 heteroatoms. The molecule has 1 aliphatic heterocycles. The third kappa shape index (κ3) is 4.40. The Hall–Kier alpha value is -1.24. The summed E-state index contributed by atoms with van der Waals surface area (Å²) in [7, 11) is 0. The van der Waals surface area contributed by atoms with E-state index in [1.165, 1.54) is 0 Å². The first-order valence-electron chi connectivity index (χ1n) is 6.88. The van der Waals surface area contributed by atoms with Crippen LogP contribution >= 0.6 is 11.8 Å². The number of aliphatic carboxylic acids is 1. The molecule has 114 valence electrons. The van der Waals surface area contributed by atoms with Gasteiger partial charge in [-0.2, -0.15) is 0 Å². The summed E-state index contributed by atoms with van der Waals surface area (Å²) < 4.78 is 0. The molecule has 0 radical (unpaired) electrons. The van der Waals surface area contributed by atoms with Crippen LogP contribution in [0.1, 0.15) is 33.1 Å². The van der Waals surface area contributed by atoms with Crippen LogP contribution in [0.25, 0.3) is 0 Å². The van der Waals surface area contributed by atoms with Crippen molar-refractivity contribution < 1.29 is 19.5 Å². The number of carboxylic acids is 1. The number of hydrogen-bond acceptors (Lipinski definition) is 4. The van der Waals surface area contributed by atoms with Gasteiger partial charge >= 0.3 is 5.97 Å². The van der Waals surface area contributed by atoms with E-state index in [9.17, 15) is 14.4 Å². The molecule has 0 aromatic rings. The zero-order valence-corrected chi connectivity index (χ0v) is 12.7. The van der Waals surface area contributed by atoms with Crippen molar-refractivity contribution in [2.45, 2.75) is 39.2 Å². The lowest BCUT2D eigenvalue weighted by molar-refractivity contribution is -0.142. The van der Waals surface area contributed by atoms with Gasteiger partial charge in [-0.05, 0) is 6.42 Å². The molecule has 0 spiro atoms. The minimum atomic E-state index is -0.894. The highest BCUT2D eigenvalue weighted by Gasteiger charge is 2.34. The molecule has 1 heterocycles. The second-order valence-electron chi connectivity index (χ2n) is 4.80. The minimum absolute atomic E-state index is 0.0431. The summed E-state index contributed by atoms with van der Waals surface area (Å²) in [5.74, 6) is -0.647. The van der Waals surface area contributed by atoms with Gasteiger partial charge < -0.3 is 15.3 Å². The predicted molar refractivity (Wildman–Crippen MR) is 77.3 cm³/mol. The van der Waals surface area contributed by atoms with Crippen molar-refractivity contribution in [3.8, 4) is 0 Å². The van der Waals surface area contributed by atoms with Crippen molar-refractivity contribution in [1.82, 2.24) is 10.2 Å². The van der Waals surface area contributed by atoms with Gasteiger partial charge in [0.2, 0.25) is 11.8 Å². The van der Waals surface area contributed by atoms with Crippen LogP contribution in [0.2, 0.25) is 0 Å². The van der Waals surface area contributed by atoms with Crippen LogP contribution in [0, 0.1) is 5.92 Å². The molecule has 0 aliphatic carbocycles. The number of thioether (sulfide) groups is 1. The van der Waals surface area contributed by atoms with Crippen LogP contribution in [0.3, 0.4) is 0 Å². The van der Waals surface area contributed by atoms with E-state index in [2.05, 4.69) is 5.32 Å². The first-order valence-corrected chi connectivity index (χ1v) is 8.04. The van der Waals surface area contributed by atoms with E-state index < -0.39 is 17.9 Å². The number of nitrogens with zero attached hydrogens (tertiary/aromatic N) is 1. The number of hydrogen-bond donors (Lipinski definition) is 2. The molecule has 2 unspecified atom stereocenters. The maximum absolute atomic E-state index is 12.1. The van der Waals surface area contributed by atoms with Crippen molar-refractivity contribution in [3.63, 3.8) is 0 Å². The second kappa shape index (κ2) is 8.14. The molecular formula is C13H22N2O4S. The quantitative estimate of drug-likeness (QED) is 0.730. The normalized spacial score (nSPS) is 19.7. The molecule has 2 N–H and O–H groups in total. The van der Waals surface area contributed by atoms with Crippen LogP contribution in [0.4, 0.5) is 0 Å². The van der Waals surface area contributed by atoms with Gasteiger partial charge in [-0.3, -0.25) is 14.4 Å². The maximum Gasteiger partial charge on any atom is 0.308 e. The fourth-order valence-electron chi connectivity index (χ4n) is 2.11. The average molecular weight is 302 g/mol. The van der Waals surface area contributed by atoms with Crippen LogP contribution in [0.5, 0.6) is 0 Å². The highest BCUT2D eigenvalue weighted by Crippen LogP contribution is 2.21. The topological polar surface area (TPSA) is 86.7 Å². The summed E-state index contributed by atoms with van der Waals surface area (Å²) in [6.07, 6.45) is 1.66. The van der Waals surface area contributed by atoms with Crippen molar-refractivity contribution in [2.75, 3.05) is 18.2 Å². The molecule has 1 fully saturated rings. The molecular weight excluding hydrogens is 280 g/mol. The SMILES string of the molecule is CCCC(CNC(=O)C1CSCN1C(=O)CC)C(=O)O. The molecule has 20 heavy (non-hydrogen) atoms. The zero-order valence-electron chi connectivity index (χ0n) is 11.9. The lowest BCUT2D eigenvalue weighted by Crippen LogP contribution is -2.48. The van der Waals surface area contributed by atoms with Crippen LogP contribution < -0.4 is 5.32 Å². The van der Waals surface area contributed by atoms with Gasteiger partial charge in [0.25, 0.3) is 0 Å². The molecule has 1 aliphatic rings. The number of rotatable bonds is 7. The lowest BCUT2D eigenvalue weighted by Gasteiger charge is -2.23. The molecule has 2 atom stereocenters. The van der Waals surface area contributed by atoms with Gasteiger partial charge in [0.05, 0.1) is 11.8 Å². The Morgan fingerprint density at radius 1 is 1.40 bits per heavy atom. The molecule has 0 bridgehead atoms. The maximum atomic E-state index is 12.1. The Morgan fingerprint density at radius 3 is 2.65 bits per heavy atom. The monoisotopic (exact) mass is 302 g/mol. The molecule has 0 aromatic heterocycles. The fraction of sp³-hybridized carbons (Fsp3) is 0.769. The predicted octanol–water partition coefficient (Wildman–Crippen LogP) is 0.915.